The largest absolute Gasteiger partial charge is 0.394 e. The number of fused-ring (bicyclic) bond motifs is 5. The van der Waals surface area contributed by atoms with Gasteiger partial charge in [0.05, 0.1) is 42.7 Å². The summed E-state index contributed by atoms with van der Waals surface area (Å²) in [7, 11) is 0. The number of hydrogen-bond donors (Lipinski definition) is 9. The van der Waals surface area contributed by atoms with Crippen LogP contribution in [0.1, 0.15) is 107 Å². The minimum atomic E-state index is -1.71. The van der Waals surface area contributed by atoms with E-state index in [1.54, 1.807) is 13.8 Å². The Labute approximate surface area is 325 Å². The molecule has 7 aliphatic rings. The normalized spacial score (nSPS) is 56.8. The van der Waals surface area contributed by atoms with E-state index in [1.807, 2.05) is 0 Å². The van der Waals surface area contributed by atoms with Crippen LogP contribution in [0.4, 0.5) is 0 Å². The second-order valence-corrected chi connectivity index (χ2v) is 20.8. The van der Waals surface area contributed by atoms with Crippen molar-refractivity contribution in [3.05, 3.63) is 0 Å². The van der Waals surface area contributed by atoms with Crippen molar-refractivity contribution in [1.82, 2.24) is 0 Å². The molecular weight excluding hydrogens is 716 g/mol. The van der Waals surface area contributed by atoms with Gasteiger partial charge in [-0.1, -0.05) is 34.6 Å². The summed E-state index contributed by atoms with van der Waals surface area (Å²) in [6.45, 7) is 16.2. The number of hydrogen-bond acceptors (Lipinski definition) is 14. The highest BCUT2D eigenvalue weighted by atomic mass is 16.8. The Bertz CT molecular complexity index is 1390. The van der Waals surface area contributed by atoms with Gasteiger partial charge >= 0.3 is 0 Å². The second-order valence-electron chi connectivity index (χ2n) is 20.8. The molecule has 14 nitrogen and oxygen atoms in total. The highest BCUT2D eigenvalue weighted by Gasteiger charge is 2.72. The number of aliphatic hydroxyl groups is 9. The first-order valence-electron chi connectivity index (χ1n) is 20.8. The van der Waals surface area contributed by atoms with Crippen LogP contribution in [0.25, 0.3) is 0 Å². The van der Waals surface area contributed by atoms with E-state index in [0.717, 1.165) is 32.1 Å². The SMILES string of the molecule is CC(C)(O)C1OC(C)(C2CCC3(C)C2C(O)CC2C4(C)CCC(OC5OCC(O)C(O)C5OC5OC(CO)C(O)C(O)C5O)C(C)(C)C4CCC23C)CC1O. The molecule has 21 atom stereocenters. The van der Waals surface area contributed by atoms with Crippen molar-refractivity contribution < 1.29 is 69.6 Å². The molecule has 7 fully saturated rings. The van der Waals surface area contributed by atoms with Crippen LogP contribution in [-0.2, 0) is 23.7 Å². The molecule has 0 aromatic carbocycles. The third kappa shape index (κ3) is 6.50. The van der Waals surface area contributed by atoms with Crippen LogP contribution in [-0.4, -0.2) is 150 Å². The van der Waals surface area contributed by atoms with Crippen LogP contribution in [0.15, 0.2) is 0 Å². The van der Waals surface area contributed by atoms with Gasteiger partial charge in [-0.3, -0.25) is 0 Å². The molecule has 0 aromatic heterocycles. The van der Waals surface area contributed by atoms with Gasteiger partial charge < -0.3 is 69.6 Å². The topological polar surface area (TPSA) is 228 Å². The van der Waals surface area contributed by atoms with Crippen LogP contribution in [0.2, 0.25) is 0 Å². The first kappa shape index (κ1) is 42.6. The van der Waals surface area contributed by atoms with Crippen LogP contribution in [0.5, 0.6) is 0 Å². The summed E-state index contributed by atoms with van der Waals surface area (Å²) in [5, 5.41) is 96.8. The summed E-state index contributed by atoms with van der Waals surface area (Å²) >= 11 is 0. The summed E-state index contributed by atoms with van der Waals surface area (Å²) in [6.07, 6.45) is -9.03. The van der Waals surface area contributed by atoms with E-state index in [9.17, 15) is 46.0 Å². The molecule has 4 saturated carbocycles. The molecule has 4 aliphatic carbocycles. The molecule has 14 heteroatoms. The lowest BCUT2D eigenvalue weighted by atomic mass is 9.35. The first-order chi connectivity index (χ1) is 25.4. The van der Waals surface area contributed by atoms with Gasteiger partial charge in [0.15, 0.2) is 12.6 Å². The zero-order chi connectivity index (χ0) is 40.4. The molecule has 3 heterocycles. The quantitative estimate of drug-likeness (QED) is 0.164. The fraction of sp³-hybridized carbons (Fsp3) is 1.00. The van der Waals surface area contributed by atoms with E-state index in [4.69, 9.17) is 23.7 Å². The lowest BCUT2D eigenvalue weighted by molar-refractivity contribution is -0.367. The molecule has 0 bridgehead atoms. The highest BCUT2D eigenvalue weighted by molar-refractivity contribution is 5.21. The average molecular weight is 787 g/mol. The van der Waals surface area contributed by atoms with E-state index in [-0.39, 0.29) is 58.0 Å². The lowest BCUT2D eigenvalue weighted by Gasteiger charge is -2.70. The molecule has 55 heavy (non-hydrogen) atoms. The maximum Gasteiger partial charge on any atom is 0.187 e. The Morgan fingerprint density at radius 3 is 2.02 bits per heavy atom. The molecule has 21 unspecified atom stereocenters. The summed E-state index contributed by atoms with van der Waals surface area (Å²) < 4.78 is 30.8. The molecule has 0 spiro atoms. The maximum atomic E-state index is 12.3. The van der Waals surface area contributed by atoms with Gasteiger partial charge in [0, 0.05) is 6.42 Å². The monoisotopic (exact) mass is 786 g/mol. The third-order valence-electron chi connectivity index (χ3n) is 17.0. The van der Waals surface area contributed by atoms with Gasteiger partial charge in [-0.25, -0.2) is 0 Å². The van der Waals surface area contributed by atoms with Gasteiger partial charge in [-0.2, -0.15) is 0 Å². The van der Waals surface area contributed by atoms with Crippen molar-refractivity contribution in [2.75, 3.05) is 13.2 Å². The Kier molecular flexibility index (Phi) is 11.1. The van der Waals surface area contributed by atoms with E-state index in [2.05, 4.69) is 41.5 Å². The molecule has 318 valence electrons. The predicted octanol–water partition coefficient (Wildman–Crippen LogP) is 0.970. The number of ether oxygens (including phenoxy) is 5. The summed E-state index contributed by atoms with van der Waals surface area (Å²) in [5.41, 5.74) is -2.61. The summed E-state index contributed by atoms with van der Waals surface area (Å²) in [6, 6.07) is 0. The van der Waals surface area contributed by atoms with Crippen molar-refractivity contribution >= 4 is 0 Å². The van der Waals surface area contributed by atoms with Crippen LogP contribution in [0.3, 0.4) is 0 Å². The standard InChI is InChI=1S/C41H70O14/c1-36(2)24-10-14-39(6)25(15-20(43)27-19(9-13-40(27,39)7)41(8)16-21(44)33(55-41)37(3,4)50)38(24,5)12-11-26(36)53-35-32(28(46)22(45)18-51-35)54-34-31(49)30(48)29(47)23(17-42)52-34/h19-35,42-50H,9-18H2,1-8H3. The third-order valence-corrected chi connectivity index (χ3v) is 17.0. The van der Waals surface area contributed by atoms with Crippen molar-refractivity contribution in [2.24, 2.45) is 45.3 Å². The van der Waals surface area contributed by atoms with E-state index in [0.29, 0.717) is 19.3 Å². The first-order valence-corrected chi connectivity index (χ1v) is 20.8. The molecule has 0 amide bonds. The molecule has 3 aliphatic heterocycles. The van der Waals surface area contributed by atoms with Gasteiger partial charge in [0.1, 0.15) is 48.8 Å². The predicted molar refractivity (Wildman–Crippen MR) is 196 cm³/mol. The van der Waals surface area contributed by atoms with E-state index >= 15 is 0 Å². The van der Waals surface area contributed by atoms with Crippen molar-refractivity contribution in [1.29, 1.82) is 0 Å². The summed E-state index contributed by atoms with van der Waals surface area (Å²) in [4.78, 5) is 0. The molecular formula is C41H70O14. The Balaban J connectivity index is 1.10. The van der Waals surface area contributed by atoms with Gasteiger partial charge in [-0.05, 0) is 111 Å². The van der Waals surface area contributed by atoms with Crippen molar-refractivity contribution in [3.8, 4) is 0 Å². The minimum absolute atomic E-state index is 0.00908. The molecule has 9 N–H and O–H groups in total. The van der Waals surface area contributed by atoms with Crippen molar-refractivity contribution in [2.45, 2.75) is 198 Å². The van der Waals surface area contributed by atoms with E-state index < -0.39 is 91.4 Å². The number of rotatable bonds is 7. The smallest absolute Gasteiger partial charge is 0.187 e. The highest BCUT2D eigenvalue weighted by Crippen LogP contribution is 2.76. The minimum Gasteiger partial charge on any atom is -0.394 e. The zero-order valence-electron chi connectivity index (χ0n) is 34.0. The van der Waals surface area contributed by atoms with Gasteiger partial charge in [0.25, 0.3) is 0 Å². The summed E-state index contributed by atoms with van der Waals surface area (Å²) in [5.74, 6) is 0.473. The molecule has 7 rings (SSSR count). The lowest BCUT2D eigenvalue weighted by Crippen LogP contribution is -2.67. The van der Waals surface area contributed by atoms with Crippen LogP contribution >= 0.6 is 0 Å². The second kappa shape index (κ2) is 14.3. The number of aliphatic hydroxyl groups excluding tert-OH is 8. The molecule has 3 saturated heterocycles. The Morgan fingerprint density at radius 2 is 1.38 bits per heavy atom. The maximum absolute atomic E-state index is 12.3. The Hall–Kier alpha value is -0.560. The van der Waals surface area contributed by atoms with Crippen molar-refractivity contribution in [3.63, 3.8) is 0 Å². The van der Waals surface area contributed by atoms with Crippen LogP contribution in [0, 0.1) is 45.3 Å². The van der Waals surface area contributed by atoms with Gasteiger partial charge in [-0.15, -0.1) is 0 Å². The Morgan fingerprint density at radius 1 is 0.709 bits per heavy atom. The molecule has 0 radical (unpaired) electrons. The molecule has 0 aromatic rings. The fourth-order valence-electron chi connectivity index (χ4n) is 14.0. The zero-order valence-corrected chi connectivity index (χ0v) is 34.0. The fourth-order valence-corrected chi connectivity index (χ4v) is 14.0. The van der Waals surface area contributed by atoms with Crippen LogP contribution < -0.4 is 0 Å². The van der Waals surface area contributed by atoms with Gasteiger partial charge in [0.2, 0.25) is 0 Å². The van der Waals surface area contributed by atoms with E-state index in [1.165, 1.54) is 0 Å². The average Bonchev–Trinajstić information content (AvgIpc) is 3.65.